The third-order valence-electron chi connectivity index (χ3n) is 6.60. The van der Waals surface area contributed by atoms with Gasteiger partial charge in [-0.3, -0.25) is 4.79 Å². The van der Waals surface area contributed by atoms with Crippen molar-refractivity contribution in [1.29, 1.82) is 5.26 Å². The Morgan fingerprint density at radius 1 is 1.39 bits per heavy atom. The molecule has 170 valence electrons. The van der Waals surface area contributed by atoms with E-state index in [1.807, 2.05) is 19.9 Å². The molecule has 0 saturated carbocycles. The number of benzene rings is 1. The smallest absolute Gasteiger partial charge is 0.263 e. The Balaban J connectivity index is 1.28. The lowest BCUT2D eigenvalue weighted by Gasteiger charge is -2.35. The summed E-state index contributed by atoms with van der Waals surface area (Å²) in [5.74, 6) is -0.182. The molecule has 3 aromatic rings. The number of hydrogen-bond donors (Lipinski definition) is 3. The number of fused-ring (bicyclic) bond motifs is 3. The minimum Gasteiger partial charge on any atom is -0.396 e. The standard InChI is InChI=1S/C24H27N7OS/c1-13(9-28-23(32)22-20(26)21-24(33-22)29-14(2)10-27-21)15-3-6-19(16(7-15)8-25)31-11-17-4-5-18(12-31)30-17/h3,6-7,10,13,17-18,30H,4-5,9,11-12,26H2,1-2H3,(H,28,32)/t13-,17?,18?/m1/s1. The van der Waals surface area contributed by atoms with Gasteiger partial charge in [-0.15, -0.1) is 11.3 Å². The lowest BCUT2D eigenvalue weighted by atomic mass is 9.97. The second kappa shape index (κ2) is 8.61. The fraction of sp³-hybridized carbons (Fsp3) is 0.417. The fourth-order valence-electron chi connectivity index (χ4n) is 4.80. The van der Waals surface area contributed by atoms with E-state index in [0.29, 0.717) is 45.1 Å². The Labute approximate surface area is 196 Å². The van der Waals surface area contributed by atoms with Gasteiger partial charge in [0.05, 0.1) is 22.6 Å². The largest absolute Gasteiger partial charge is 0.396 e. The van der Waals surface area contributed by atoms with Gasteiger partial charge in [-0.25, -0.2) is 9.97 Å². The van der Waals surface area contributed by atoms with Crippen LogP contribution in [0.2, 0.25) is 0 Å². The van der Waals surface area contributed by atoms with Gasteiger partial charge >= 0.3 is 0 Å². The molecule has 2 unspecified atom stereocenters. The first-order chi connectivity index (χ1) is 15.9. The highest BCUT2D eigenvalue weighted by molar-refractivity contribution is 7.21. The number of nitrogens with two attached hydrogens (primary N) is 1. The van der Waals surface area contributed by atoms with Crippen LogP contribution in [0.25, 0.3) is 10.3 Å². The van der Waals surface area contributed by atoms with Crippen LogP contribution in [0.1, 0.15) is 52.2 Å². The topological polar surface area (TPSA) is 120 Å². The van der Waals surface area contributed by atoms with Gasteiger partial charge in [0.2, 0.25) is 0 Å². The van der Waals surface area contributed by atoms with Crippen molar-refractivity contribution in [2.75, 3.05) is 30.3 Å². The van der Waals surface area contributed by atoms with E-state index in [0.717, 1.165) is 30.0 Å². The average Bonchev–Trinajstić information content (AvgIpc) is 3.34. The van der Waals surface area contributed by atoms with Crippen LogP contribution in [0.15, 0.2) is 24.4 Å². The Morgan fingerprint density at radius 3 is 2.88 bits per heavy atom. The quantitative estimate of drug-likeness (QED) is 0.534. The molecule has 2 fully saturated rings. The summed E-state index contributed by atoms with van der Waals surface area (Å²) in [5.41, 5.74) is 10.6. The number of carbonyl (C=O) groups excluding carboxylic acids is 1. The van der Waals surface area contributed by atoms with Crippen molar-refractivity contribution in [2.45, 2.75) is 44.7 Å². The molecule has 2 aliphatic rings. The minimum absolute atomic E-state index is 0.0448. The minimum atomic E-state index is -0.227. The van der Waals surface area contributed by atoms with E-state index in [1.165, 1.54) is 24.2 Å². The van der Waals surface area contributed by atoms with Gasteiger partial charge in [-0.1, -0.05) is 13.0 Å². The van der Waals surface area contributed by atoms with Crippen molar-refractivity contribution < 1.29 is 4.79 Å². The third kappa shape index (κ3) is 4.12. The van der Waals surface area contributed by atoms with Crippen LogP contribution in [0, 0.1) is 18.3 Å². The number of nitriles is 1. The van der Waals surface area contributed by atoms with Gasteiger partial charge in [0, 0.05) is 37.9 Å². The van der Waals surface area contributed by atoms with Crippen LogP contribution < -0.4 is 21.3 Å². The highest BCUT2D eigenvalue weighted by Gasteiger charge is 2.33. The number of nitrogens with zero attached hydrogens (tertiary/aromatic N) is 4. The molecule has 1 amide bonds. The van der Waals surface area contributed by atoms with E-state index in [4.69, 9.17) is 5.73 Å². The Bertz CT molecular complexity index is 1250. The summed E-state index contributed by atoms with van der Waals surface area (Å²) in [7, 11) is 0. The lowest BCUT2D eigenvalue weighted by molar-refractivity contribution is 0.0956. The molecule has 0 aliphatic carbocycles. The molecule has 2 saturated heterocycles. The summed E-state index contributed by atoms with van der Waals surface area (Å²) in [6.45, 7) is 6.22. The molecule has 1 aromatic carbocycles. The molecular weight excluding hydrogens is 434 g/mol. The highest BCUT2D eigenvalue weighted by atomic mass is 32.1. The molecule has 0 spiro atoms. The number of thiophene rings is 1. The number of nitrogens with one attached hydrogen (secondary N) is 2. The number of piperazine rings is 1. The first kappa shape index (κ1) is 21.6. The number of amides is 1. The van der Waals surface area contributed by atoms with Gasteiger partial charge in [0.15, 0.2) is 0 Å². The van der Waals surface area contributed by atoms with E-state index >= 15 is 0 Å². The van der Waals surface area contributed by atoms with Gasteiger partial charge in [0.25, 0.3) is 5.91 Å². The summed E-state index contributed by atoms with van der Waals surface area (Å²) in [4.78, 5) is 25.0. The third-order valence-corrected chi connectivity index (χ3v) is 7.69. The van der Waals surface area contributed by atoms with Crippen molar-refractivity contribution in [3.63, 3.8) is 0 Å². The summed E-state index contributed by atoms with van der Waals surface area (Å²) in [6, 6.07) is 9.49. The molecule has 4 N–H and O–H groups in total. The van der Waals surface area contributed by atoms with Crippen molar-refractivity contribution in [3.05, 3.63) is 46.1 Å². The number of hydrogen-bond acceptors (Lipinski definition) is 8. The predicted molar refractivity (Wildman–Crippen MR) is 131 cm³/mol. The number of rotatable bonds is 5. The zero-order valence-corrected chi connectivity index (χ0v) is 19.6. The Morgan fingerprint density at radius 2 is 2.15 bits per heavy atom. The van der Waals surface area contributed by atoms with Crippen LogP contribution in [-0.2, 0) is 0 Å². The molecule has 4 heterocycles. The van der Waals surface area contributed by atoms with Crippen LogP contribution in [0.3, 0.4) is 0 Å². The van der Waals surface area contributed by atoms with Crippen molar-refractivity contribution in [3.8, 4) is 6.07 Å². The molecule has 8 nitrogen and oxygen atoms in total. The van der Waals surface area contributed by atoms with Gasteiger partial charge in [0.1, 0.15) is 21.3 Å². The summed E-state index contributed by atoms with van der Waals surface area (Å²) in [6.07, 6.45) is 4.05. The van der Waals surface area contributed by atoms with Crippen LogP contribution in [-0.4, -0.2) is 47.6 Å². The zero-order valence-electron chi connectivity index (χ0n) is 18.8. The van der Waals surface area contributed by atoms with Gasteiger partial charge in [-0.2, -0.15) is 5.26 Å². The number of anilines is 2. The van der Waals surface area contributed by atoms with Crippen LogP contribution >= 0.6 is 11.3 Å². The second-order valence-corrected chi connectivity index (χ2v) is 10.1. The molecule has 2 bridgehead atoms. The van der Waals surface area contributed by atoms with Gasteiger partial charge in [-0.05, 0) is 43.4 Å². The molecule has 2 aromatic heterocycles. The number of aromatic nitrogens is 2. The van der Waals surface area contributed by atoms with E-state index in [2.05, 4.69) is 43.7 Å². The first-order valence-corrected chi connectivity index (χ1v) is 12.1. The lowest BCUT2D eigenvalue weighted by Crippen LogP contribution is -2.51. The van der Waals surface area contributed by atoms with Crippen molar-refractivity contribution in [1.82, 2.24) is 20.6 Å². The first-order valence-electron chi connectivity index (χ1n) is 11.3. The summed E-state index contributed by atoms with van der Waals surface area (Å²) in [5, 5.41) is 16.4. The Hall–Kier alpha value is -3.22. The summed E-state index contributed by atoms with van der Waals surface area (Å²) < 4.78 is 0. The number of nitrogen functional groups attached to an aromatic ring is 1. The maximum absolute atomic E-state index is 12.8. The molecular formula is C24H27N7OS. The van der Waals surface area contributed by atoms with Crippen molar-refractivity contribution >= 4 is 39.0 Å². The molecule has 5 rings (SSSR count). The normalized spacial score (nSPS) is 20.6. The predicted octanol–water partition coefficient (Wildman–Crippen LogP) is 2.93. The SMILES string of the molecule is Cc1cnc2c(N)c(C(=O)NC[C@@H](C)c3ccc(N4CC5CCC(C4)N5)c(C#N)c3)sc2n1. The van der Waals surface area contributed by atoms with Crippen LogP contribution in [0.5, 0.6) is 0 Å². The highest BCUT2D eigenvalue weighted by Crippen LogP contribution is 2.32. The molecule has 2 aliphatic heterocycles. The van der Waals surface area contributed by atoms with E-state index < -0.39 is 0 Å². The average molecular weight is 462 g/mol. The maximum Gasteiger partial charge on any atom is 0.263 e. The molecule has 0 radical (unpaired) electrons. The number of carbonyl (C=O) groups is 1. The fourth-order valence-corrected chi connectivity index (χ4v) is 5.82. The summed E-state index contributed by atoms with van der Waals surface area (Å²) >= 11 is 1.26. The Kier molecular flexibility index (Phi) is 5.64. The van der Waals surface area contributed by atoms with E-state index in [-0.39, 0.29) is 11.8 Å². The van der Waals surface area contributed by atoms with E-state index in [9.17, 15) is 10.1 Å². The maximum atomic E-state index is 12.8. The number of aryl methyl sites for hydroxylation is 1. The second-order valence-electron chi connectivity index (χ2n) is 9.05. The molecule has 3 atom stereocenters. The van der Waals surface area contributed by atoms with Crippen molar-refractivity contribution in [2.24, 2.45) is 0 Å². The van der Waals surface area contributed by atoms with Gasteiger partial charge < -0.3 is 21.3 Å². The zero-order chi connectivity index (χ0) is 23.1. The van der Waals surface area contributed by atoms with Crippen LogP contribution in [0.4, 0.5) is 11.4 Å². The van der Waals surface area contributed by atoms with E-state index in [1.54, 1.807) is 6.20 Å². The molecule has 9 heteroatoms. The molecule has 33 heavy (non-hydrogen) atoms. The monoisotopic (exact) mass is 461 g/mol.